The predicted octanol–water partition coefficient (Wildman–Crippen LogP) is 3.31. The lowest BCUT2D eigenvalue weighted by Gasteiger charge is -2.03. The van der Waals surface area contributed by atoms with Gasteiger partial charge in [-0.1, -0.05) is 32.9 Å². The second kappa shape index (κ2) is 6.63. The highest BCUT2D eigenvalue weighted by atomic mass is 16.5. The van der Waals surface area contributed by atoms with Crippen molar-refractivity contribution in [3.63, 3.8) is 0 Å². The van der Waals surface area contributed by atoms with Gasteiger partial charge in [0.05, 0.1) is 0 Å². The highest BCUT2D eigenvalue weighted by Gasteiger charge is 2.13. The van der Waals surface area contributed by atoms with Gasteiger partial charge in [0.1, 0.15) is 0 Å². The average molecular weight is 184 g/mol. The van der Waals surface area contributed by atoms with E-state index >= 15 is 0 Å². The van der Waals surface area contributed by atoms with Crippen LogP contribution in [0.3, 0.4) is 0 Å². The van der Waals surface area contributed by atoms with E-state index in [1.54, 1.807) is 0 Å². The zero-order valence-electron chi connectivity index (χ0n) is 9.29. The van der Waals surface area contributed by atoms with E-state index in [1.165, 1.54) is 0 Å². The fraction of sp³-hybridized carbons (Fsp3) is 0.800. The van der Waals surface area contributed by atoms with Crippen molar-refractivity contribution in [2.45, 2.75) is 53.4 Å². The first-order chi connectivity index (χ1) is 6.27. The standard InChI is InChI=1S/C8H14N2O.C2H6/c1-4-7(5-2)8-9-6(3)10-11-8;1-2/h7H,4-5H2,1-3H3;1-2H3. The van der Waals surface area contributed by atoms with Gasteiger partial charge < -0.3 is 4.52 Å². The van der Waals surface area contributed by atoms with E-state index in [9.17, 15) is 0 Å². The lowest BCUT2D eigenvalue weighted by molar-refractivity contribution is 0.343. The van der Waals surface area contributed by atoms with E-state index < -0.39 is 0 Å². The lowest BCUT2D eigenvalue weighted by atomic mass is 10.0. The molecule has 76 valence electrons. The first kappa shape index (κ1) is 12.1. The van der Waals surface area contributed by atoms with Crippen molar-refractivity contribution in [2.24, 2.45) is 0 Å². The Bertz CT molecular complexity index is 216. The molecule has 0 spiro atoms. The zero-order valence-corrected chi connectivity index (χ0v) is 9.29. The maximum Gasteiger partial charge on any atom is 0.229 e. The van der Waals surface area contributed by atoms with Crippen molar-refractivity contribution in [1.29, 1.82) is 0 Å². The average Bonchev–Trinajstić information content (AvgIpc) is 2.58. The lowest BCUT2D eigenvalue weighted by Crippen LogP contribution is -1.95. The summed E-state index contributed by atoms with van der Waals surface area (Å²) in [6, 6.07) is 0. The smallest absolute Gasteiger partial charge is 0.229 e. The molecule has 0 atom stereocenters. The van der Waals surface area contributed by atoms with E-state index in [0.717, 1.165) is 24.6 Å². The van der Waals surface area contributed by atoms with Crippen LogP contribution in [0.1, 0.15) is 58.2 Å². The topological polar surface area (TPSA) is 38.9 Å². The molecule has 0 unspecified atom stereocenters. The second-order valence-electron chi connectivity index (χ2n) is 2.69. The molecule has 0 saturated carbocycles. The van der Waals surface area contributed by atoms with E-state index in [1.807, 2.05) is 20.8 Å². The maximum absolute atomic E-state index is 5.05. The Morgan fingerprint density at radius 1 is 1.23 bits per heavy atom. The molecule has 0 aliphatic rings. The molecule has 0 bridgehead atoms. The molecule has 0 fully saturated rings. The van der Waals surface area contributed by atoms with Crippen LogP contribution >= 0.6 is 0 Å². The summed E-state index contributed by atoms with van der Waals surface area (Å²) in [6.45, 7) is 10.1. The second-order valence-corrected chi connectivity index (χ2v) is 2.69. The SMILES string of the molecule is CC.CCC(CC)c1nc(C)no1. The summed E-state index contributed by atoms with van der Waals surface area (Å²) in [7, 11) is 0. The summed E-state index contributed by atoms with van der Waals surface area (Å²) in [6.07, 6.45) is 2.14. The summed E-state index contributed by atoms with van der Waals surface area (Å²) in [5.74, 6) is 1.95. The summed E-state index contributed by atoms with van der Waals surface area (Å²) in [5, 5.41) is 3.75. The Kier molecular flexibility index (Phi) is 6.20. The molecule has 1 aromatic rings. The van der Waals surface area contributed by atoms with E-state index in [4.69, 9.17) is 4.52 Å². The monoisotopic (exact) mass is 184 g/mol. The normalized spacial score (nSPS) is 9.69. The third-order valence-electron chi connectivity index (χ3n) is 1.88. The predicted molar refractivity (Wildman–Crippen MR) is 53.7 cm³/mol. The van der Waals surface area contributed by atoms with Crippen LogP contribution < -0.4 is 0 Å². The molecule has 0 aromatic carbocycles. The Labute approximate surface area is 80.5 Å². The molecule has 3 heteroatoms. The van der Waals surface area contributed by atoms with E-state index in [2.05, 4.69) is 24.0 Å². The summed E-state index contributed by atoms with van der Waals surface area (Å²) < 4.78 is 5.05. The number of rotatable bonds is 3. The summed E-state index contributed by atoms with van der Waals surface area (Å²) in [5.41, 5.74) is 0. The van der Waals surface area contributed by atoms with Gasteiger partial charge in [0.25, 0.3) is 0 Å². The molecule has 0 aliphatic heterocycles. The molecular formula is C10H20N2O. The van der Waals surface area contributed by atoms with Gasteiger partial charge in [-0.2, -0.15) is 4.98 Å². The zero-order chi connectivity index (χ0) is 10.3. The van der Waals surface area contributed by atoms with Crippen LogP contribution in [-0.4, -0.2) is 10.1 Å². The summed E-state index contributed by atoms with van der Waals surface area (Å²) in [4.78, 5) is 4.17. The van der Waals surface area contributed by atoms with Crippen LogP contribution in [0.5, 0.6) is 0 Å². The number of aryl methyl sites for hydroxylation is 1. The first-order valence-electron chi connectivity index (χ1n) is 5.08. The molecule has 1 rings (SSSR count). The van der Waals surface area contributed by atoms with Crippen molar-refractivity contribution >= 4 is 0 Å². The van der Waals surface area contributed by atoms with Crippen LogP contribution in [0.15, 0.2) is 4.52 Å². The highest BCUT2D eigenvalue weighted by molar-refractivity contribution is 4.91. The number of hydrogen-bond acceptors (Lipinski definition) is 3. The minimum Gasteiger partial charge on any atom is -0.339 e. The highest BCUT2D eigenvalue weighted by Crippen LogP contribution is 2.20. The van der Waals surface area contributed by atoms with Gasteiger partial charge in [0.2, 0.25) is 5.89 Å². The Morgan fingerprint density at radius 3 is 2.08 bits per heavy atom. The van der Waals surface area contributed by atoms with Gasteiger partial charge in [0, 0.05) is 5.92 Å². The van der Waals surface area contributed by atoms with E-state index in [-0.39, 0.29) is 0 Å². The van der Waals surface area contributed by atoms with Gasteiger partial charge >= 0.3 is 0 Å². The molecule has 13 heavy (non-hydrogen) atoms. The minimum absolute atomic E-state index is 0.441. The van der Waals surface area contributed by atoms with Crippen LogP contribution in [-0.2, 0) is 0 Å². The van der Waals surface area contributed by atoms with Crippen LogP contribution in [0.25, 0.3) is 0 Å². The molecule has 0 aliphatic carbocycles. The number of nitrogens with zero attached hydrogens (tertiary/aromatic N) is 2. The number of aromatic nitrogens is 2. The number of hydrogen-bond donors (Lipinski definition) is 0. The van der Waals surface area contributed by atoms with E-state index in [0.29, 0.717) is 5.92 Å². The molecule has 0 N–H and O–H groups in total. The van der Waals surface area contributed by atoms with Crippen molar-refractivity contribution in [3.8, 4) is 0 Å². The first-order valence-corrected chi connectivity index (χ1v) is 5.08. The molecule has 3 nitrogen and oxygen atoms in total. The molecule has 0 saturated heterocycles. The molecular weight excluding hydrogens is 164 g/mol. The Hall–Kier alpha value is -0.860. The quantitative estimate of drug-likeness (QED) is 0.723. The van der Waals surface area contributed by atoms with Crippen molar-refractivity contribution < 1.29 is 4.52 Å². The fourth-order valence-corrected chi connectivity index (χ4v) is 1.12. The van der Waals surface area contributed by atoms with Crippen LogP contribution in [0, 0.1) is 6.92 Å². The molecule has 0 amide bonds. The largest absolute Gasteiger partial charge is 0.339 e. The Balaban J connectivity index is 0.000000671. The minimum atomic E-state index is 0.441. The molecule has 1 aromatic heterocycles. The fourth-order valence-electron chi connectivity index (χ4n) is 1.12. The maximum atomic E-state index is 5.05. The Morgan fingerprint density at radius 2 is 1.77 bits per heavy atom. The van der Waals surface area contributed by atoms with Crippen LogP contribution in [0.2, 0.25) is 0 Å². The van der Waals surface area contributed by atoms with Crippen LogP contribution in [0.4, 0.5) is 0 Å². The van der Waals surface area contributed by atoms with Gasteiger partial charge in [0.15, 0.2) is 5.82 Å². The molecule has 0 radical (unpaired) electrons. The van der Waals surface area contributed by atoms with Crippen molar-refractivity contribution in [2.75, 3.05) is 0 Å². The molecule has 1 heterocycles. The third-order valence-corrected chi connectivity index (χ3v) is 1.88. The third kappa shape index (κ3) is 3.57. The van der Waals surface area contributed by atoms with Crippen molar-refractivity contribution in [1.82, 2.24) is 10.1 Å². The van der Waals surface area contributed by atoms with Crippen molar-refractivity contribution in [3.05, 3.63) is 11.7 Å². The van der Waals surface area contributed by atoms with Gasteiger partial charge in [-0.05, 0) is 19.8 Å². The van der Waals surface area contributed by atoms with Gasteiger partial charge in [-0.3, -0.25) is 0 Å². The summed E-state index contributed by atoms with van der Waals surface area (Å²) >= 11 is 0. The van der Waals surface area contributed by atoms with Gasteiger partial charge in [-0.15, -0.1) is 0 Å². The van der Waals surface area contributed by atoms with Gasteiger partial charge in [-0.25, -0.2) is 0 Å².